The van der Waals surface area contributed by atoms with Crippen molar-refractivity contribution >= 4 is 29.0 Å². The molecule has 0 aromatic heterocycles. The first-order valence-electron chi connectivity index (χ1n) is 4.83. The quantitative estimate of drug-likeness (QED) is 0.410. The lowest BCUT2D eigenvalue weighted by Gasteiger charge is -2.12. The van der Waals surface area contributed by atoms with Crippen molar-refractivity contribution in [2.45, 2.75) is 19.4 Å². The van der Waals surface area contributed by atoms with Gasteiger partial charge in [0.05, 0.1) is 11.5 Å². The molecule has 0 aliphatic heterocycles. The SMILES string of the molecule is COCCC(C)NC(=O)C(=O)NCC(N)=S. The number of hydrogen-bond acceptors (Lipinski definition) is 4. The van der Waals surface area contributed by atoms with Gasteiger partial charge in [-0.3, -0.25) is 9.59 Å². The lowest BCUT2D eigenvalue weighted by atomic mass is 10.2. The molecule has 6 nitrogen and oxygen atoms in total. The van der Waals surface area contributed by atoms with Crippen LogP contribution in [0.15, 0.2) is 0 Å². The zero-order valence-electron chi connectivity index (χ0n) is 9.41. The van der Waals surface area contributed by atoms with E-state index in [1.54, 1.807) is 14.0 Å². The third-order valence-corrected chi connectivity index (χ3v) is 1.91. The summed E-state index contributed by atoms with van der Waals surface area (Å²) in [6, 6.07) is -0.122. The van der Waals surface area contributed by atoms with Gasteiger partial charge in [-0.25, -0.2) is 0 Å². The van der Waals surface area contributed by atoms with Crippen molar-refractivity contribution in [3.8, 4) is 0 Å². The Morgan fingerprint density at radius 1 is 1.44 bits per heavy atom. The summed E-state index contributed by atoms with van der Waals surface area (Å²) in [6.07, 6.45) is 0.644. The number of nitrogens with one attached hydrogen (secondary N) is 2. The fraction of sp³-hybridized carbons (Fsp3) is 0.667. The first-order chi connectivity index (χ1) is 7.47. The second-order valence-electron chi connectivity index (χ2n) is 3.30. The predicted molar refractivity (Wildman–Crippen MR) is 63.9 cm³/mol. The molecule has 2 amide bonds. The summed E-state index contributed by atoms with van der Waals surface area (Å²) < 4.78 is 4.85. The van der Waals surface area contributed by atoms with E-state index >= 15 is 0 Å². The third-order valence-electron chi connectivity index (χ3n) is 1.76. The van der Waals surface area contributed by atoms with Crippen molar-refractivity contribution in [3.63, 3.8) is 0 Å². The van der Waals surface area contributed by atoms with Gasteiger partial charge in [-0.1, -0.05) is 12.2 Å². The van der Waals surface area contributed by atoms with E-state index in [9.17, 15) is 9.59 Å². The lowest BCUT2D eigenvalue weighted by Crippen LogP contribution is -2.45. The van der Waals surface area contributed by atoms with Crippen molar-refractivity contribution in [1.82, 2.24) is 10.6 Å². The molecule has 1 atom stereocenters. The molecule has 0 spiro atoms. The zero-order valence-corrected chi connectivity index (χ0v) is 10.2. The average Bonchev–Trinajstić information content (AvgIpc) is 2.22. The molecular weight excluding hydrogens is 230 g/mol. The van der Waals surface area contributed by atoms with Gasteiger partial charge in [0.15, 0.2) is 0 Å². The normalized spacial score (nSPS) is 11.6. The van der Waals surface area contributed by atoms with Gasteiger partial charge >= 0.3 is 11.8 Å². The molecule has 0 aromatic rings. The van der Waals surface area contributed by atoms with Gasteiger partial charge < -0.3 is 21.1 Å². The number of hydrogen-bond donors (Lipinski definition) is 3. The van der Waals surface area contributed by atoms with E-state index in [0.29, 0.717) is 13.0 Å². The van der Waals surface area contributed by atoms with Gasteiger partial charge in [0.25, 0.3) is 0 Å². The second kappa shape index (κ2) is 8.00. The van der Waals surface area contributed by atoms with Crippen molar-refractivity contribution in [1.29, 1.82) is 0 Å². The van der Waals surface area contributed by atoms with Gasteiger partial charge in [0, 0.05) is 19.8 Å². The van der Waals surface area contributed by atoms with E-state index in [2.05, 4.69) is 22.9 Å². The Kier molecular flexibility index (Phi) is 7.40. The molecule has 0 bridgehead atoms. The molecule has 1 unspecified atom stereocenters. The van der Waals surface area contributed by atoms with Gasteiger partial charge in [-0.05, 0) is 13.3 Å². The molecule has 92 valence electrons. The van der Waals surface area contributed by atoms with E-state index in [1.807, 2.05) is 0 Å². The smallest absolute Gasteiger partial charge is 0.309 e. The fourth-order valence-corrected chi connectivity index (χ4v) is 0.976. The van der Waals surface area contributed by atoms with Crippen LogP contribution in [-0.2, 0) is 14.3 Å². The van der Waals surface area contributed by atoms with Crippen LogP contribution in [0.25, 0.3) is 0 Å². The molecule has 0 aliphatic rings. The Labute approximate surface area is 99.9 Å². The Morgan fingerprint density at radius 3 is 2.56 bits per heavy atom. The van der Waals surface area contributed by atoms with Crippen molar-refractivity contribution in [3.05, 3.63) is 0 Å². The van der Waals surface area contributed by atoms with Crippen molar-refractivity contribution in [2.24, 2.45) is 5.73 Å². The average molecular weight is 247 g/mol. The van der Waals surface area contributed by atoms with Crippen LogP contribution in [-0.4, -0.2) is 43.1 Å². The van der Waals surface area contributed by atoms with Gasteiger partial charge in [-0.2, -0.15) is 0 Å². The van der Waals surface area contributed by atoms with Crippen LogP contribution in [0.5, 0.6) is 0 Å². The summed E-state index contributed by atoms with van der Waals surface area (Å²) in [5.41, 5.74) is 5.18. The molecule has 7 heteroatoms. The predicted octanol–water partition coefficient (Wildman–Crippen LogP) is -1.07. The Balaban J connectivity index is 3.86. The summed E-state index contributed by atoms with van der Waals surface area (Å²) >= 11 is 4.56. The zero-order chi connectivity index (χ0) is 12.6. The Morgan fingerprint density at radius 2 is 2.06 bits per heavy atom. The van der Waals surface area contributed by atoms with Crippen molar-refractivity contribution < 1.29 is 14.3 Å². The van der Waals surface area contributed by atoms with E-state index in [-0.39, 0.29) is 17.6 Å². The molecule has 0 aromatic carbocycles. The van der Waals surface area contributed by atoms with Gasteiger partial charge in [0.2, 0.25) is 0 Å². The summed E-state index contributed by atoms with van der Waals surface area (Å²) in [5, 5.41) is 4.82. The largest absolute Gasteiger partial charge is 0.392 e. The topological polar surface area (TPSA) is 93.4 Å². The van der Waals surface area contributed by atoms with E-state index in [1.165, 1.54) is 0 Å². The van der Waals surface area contributed by atoms with Crippen LogP contribution in [0.4, 0.5) is 0 Å². The van der Waals surface area contributed by atoms with E-state index in [4.69, 9.17) is 10.5 Å². The van der Waals surface area contributed by atoms with E-state index < -0.39 is 11.8 Å². The summed E-state index contributed by atoms with van der Waals surface area (Å²) in [4.78, 5) is 22.6. The van der Waals surface area contributed by atoms with Crippen LogP contribution >= 0.6 is 12.2 Å². The molecule has 4 N–H and O–H groups in total. The third kappa shape index (κ3) is 7.13. The first kappa shape index (κ1) is 14.8. The molecule has 0 radical (unpaired) electrons. The molecule has 0 saturated heterocycles. The number of thiocarbonyl (C=S) groups is 1. The second-order valence-corrected chi connectivity index (χ2v) is 3.83. The fourth-order valence-electron chi connectivity index (χ4n) is 0.904. The van der Waals surface area contributed by atoms with Gasteiger partial charge in [0.1, 0.15) is 0 Å². The van der Waals surface area contributed by atoms with Crippen LogP contribution in [0.1, 0.15) is 13.3 Å². The Bertz CT molecular complexity index is 271. The summed E-state index contributed by atoms with van der Waals surface area (Å²) in [6.45, 7) is 2.34. The first-order valence-corrected chi connectivity index (χ1v) is 5.24. The number of carbonyl (C=O) groups excluding carboxylic acids is 2. The van der Waals surface area contributed by atoms with Crippen LogP contribution in [0, 0.1) is 0 Å². The molecular formula is C9H17N3O3S. The molecule has 0 aliphatic carbocycles. The highest BCUT2D eigenvalue weighted by molar-refractivity contribution is 7.80. The number of amides is 2. The highest BCUT2D eigenvalue weighted by Gasteiger charge is 2.15. The maximum atomic E-state index is 11.3. The van der Waals surface area contributed by atoms with Crippen LogP contribution < -0.4 is 16.4 Å². The van der Waals surface area contributed by atoms with Crippen molar-refractivity contribution in [2.75, 3.05) is 20.3 Å². The highest BCUT2D eigenvalue weighted by Crippen LogP contribution is 1.90. The number of nitrogens with two attached hydrogens (primary N) is 1. The minimum atomic E-state index is -0.739. The summed E-state index contributed by atoms with van der Waals surface area (Å²) in [5.74, 6) is -1.43. The van der Waals surface area contributed by atoms with Crippen LogP contribution in [0.3, 0.4) is 0 Å². The molecule has 0 heterocycles. The standard InChI is InChI=1S/C9H17N3O3S/c1-6(3-4-15-2)12-9(14)8(13)11-5-7(10)16/h6H,3-5H2,1-2H3,(H2,10,16)(H,11,13)(H,12,14). The molecule has 16 heavy (non-hydrogen) atoms. The highest BCUT2D eigenvalue weighted by atomic mass is 32.1. The maximum Gasteiger partial charge on any atom is 0.309 e. The number of methoxy groups -OCH3 is 1. The minimum absolute atomic E-state index is 0.0219. The Hall–Kier alpha value is -1.21. The number of carbonyl (C=O) groups is 2. The molecule has 0 saturated carbocycles. The van der Waals surface area contributed by atoms with Gasteiger partial charge in [-0.15, -0.1) is 0 Å². The maximum absolute atomic E-state index is 11.3. The number of ether oxygens (including phenoxy) is 1. The molecule has 0 fully saturated rings. The summed E-state index contributed by atoms with van der Waals surface area (Å²) in [7, 11) is 1.57. The van der Waals surface area contributed by atoms with Crippen LogP contribution in [0.2, 0.25) is 0 Å². The number of rotatable bonds is 6. The lowest BCUT2D eigenvalue weighted by molar-refractivity contribution is -0.139. The monoisotopic (exact) mass is 247 g/mol. The minimum Gasteiger partial charge on any atom is -0.392 e. The molecule has 0 rings (SSSR count). The van der Waals surface area contributed by atoms with E-state index in [0.717, 1.165) is 0 Å².